The number of nitrogens with one attached hydrogen (secondary N) is 2. The zero-order valence-electron chi connectivity index (χ0n) is 18.6. The quantitative estimate of drug-likeness (QED) is 0.402. The molecule has 184 valence electrons. The Kier molecular flexibility index (Phi) is 6.18. The number of allylic oxidation sites excluding steroid dienone is 2. The van der Waals surface area contributed by atoms with E-state index in [1.54, 1.807) is 6.08 Å². The predicted octanol–water partition coefficient (Wildman–Crippen LogP) is 5.66. The van der Waals surface area contributed by atoms with Gasteiger partial charge in [0.25, 0.3) is 0 Å². The summed E-state index contributed by atoms with van der Waals surface area (Å²) in [5, 5.41) is 16.1. The highest BCUT2D eigenvalue weighted by atomic mass is 19.4. The van der Waals surface area contributed by atoms with Gasteiger partial charge in [0.1, 0.15) is 11.3 Å². The van der Waals surface area contributed by atoms with Crippen LogP contribution in [-0.2, 0) is 6.18 Å². The van der Waals surface area contributed by atoms with E-state index in [-0.39, 0.29) is 23.9 Å². The molecular weight excluding hydrogens is 464 g/mol. The van der Waals surface area contributed by atoms with Crippen LogP contribution in [0.1, 0.15) is 43.7 Å². The van der Waals surface area contributed by atoms with Crippen molar-refractivity contribution in [2.24, 2.45) is 0 Å². The molecule has 1 unspecified atom stereocenters. The van der Waals surface area contributed by atoms with Crippen LogP contribution < -0.4 is 10.6 Å². The summed E-state index contributed by atoms with van der Waals surface area (Å²) < 4.78 is 54.9. The predicted molar refractivity (Wildman–Crippen MR) is 124 cm³/mol. The molecule has 1 saturated carbocycles. The second-order valence-corrected chi connectivity index (χ2v) is 8.78. The Bertz CT molecular complexity index is 1260. The lowest BCUT2D eigenvalue weighted by atomic mass is 9.93. The summed E-state index contributed by atoms with van der Waals surface area (Å²) >= 11 is 0. The lowest BCUT2D eigenvalue weighted by molar-refractivity contribution is -0.137. The number of hydrogen-bond donors (Lipinski definition) is 3. The Labute approximate surface area is 198 Å². The van der Waals surface area contributed by atoms with Crippen LogP contribution in [-0.4, -0.2) is 36.8 Å². The van der Waals surface area contributed by atoms with Crippen molar-refractivity contribution in [1.29, 1.82) is 0 Å². The molecule has 0 saturated heterocycles. The van der Waals surface area contributed by atoms with Crippen LogP contribution in [0.5, 0.6) is 0 Å². The Morgan fingerprint density at radius 2 is 1.77 bits per heavy atom. The van der Waals surface area contributed by atoms with Crippen LogP contribution in [0.3, 0.4) is 0 Å². The van der Waals surface area contributed by atoms with E-state index in [9.17, 15) is 22.7 Å². The van der Waals surface area contributed by atoms with Crippen molar-refractivity contribution in [2.75, 3.05) is 10.6 Å². The number of benzene rings is 1. The molecule has 2 aliphatic carbocycles. The second-order valence-electron chi connectivity index (χ2n) is 8.78. The molecule has 3 N–H and O–H groups in total. The maximum absolute atomic E-state index is 14.4. The Morgan fingerprint density at radius 3 is 2.46 bits per heavy atom. The van der Waals surface area contributed by atoms with Gasteiger partial charge in [-0.1, -0.05) is 12.2 Å². The molecule has 0 bridgehead atoms. The Morgan fingerprint density at radius 1 is 1.03 bits per heavy atom. The molecule has 5 rings (SSSR count). The number of anilines is 3. The van der Waals surface area contributed by atoms with Crippen LogP contribution >= 0.6 is 0 Å². The van der Waals surface area contributed by atoms with Gasteiger partial charge < -0.3 is 15.7 Å². The summed E-state index contributed by atoms with van der Waals surface area (Å²) in [4.78, 5) is 13.5. The molecule has 2 aromatic heterocycles. The van der Waals surface area contributed by atoms with E-state index in [4.69, 9.17) is 0 Å². The first-order valence-corrected chi connectivity index (χ1v) is 11.4. The van der Waals surface area contributed by atoms with Crippen LogP contribution in [0.2, 0.25) is 0 Å². The number of aliphatic hydroxyl groups excluding tert-OH is 1. The molecule has 2 heterocycles. The molecule has 0 amide bonds. The molecule has 1 atom stereocenters. The number of hydrogen-bond acceptors (Lipinski definition) is 6. The molecule has 2 aliphatic rings. The third-order valence-electron chi connectivity index (χ3n) is 6.33. The van der Waals surface area contributed by atoms with Gasteiger partial charge in [-0.2, -0.15) is 18.2 Å². The van der Waals surface area contributed by atoms with E-state index in [0.717, 1.165) is 12.1 Å². The molecule has 1 aromatic carbocycles. The molecule has 35 heavy (non-hydrogen) atoms. The van der Waals surface area contributed by atoms with Crippen LogP contribution in [0, 0.1) is 0 Å². The van der Waals surface area contributed by atoms with Crippen LogP contribution in [0.15, 0.2) is 54.5 Å². The highest BCUT2D eigenvalue weighted by molar-refractivity contribution is 5.76. The van der Waals surface area contributed by atoms with Gasteiger partial charge in [0.15, 0.2) is 5.65 Å². The van der Waals surface area contributed by atoms with Crippen LogP contribution in [0.25, 0.3) is 11.2 Å². The maximum atomic E-state index is 14.4. The first kappa shape index (κ1) is 23.3. The van der Waals surface area contributed by atoms with Crippen molar-refractivity contribution in [3.8, 4) is 0 Å². The van der Waals surface area contributed by atoms with Gasteiger partial charge in [-0.15, -0.1) is 0 Å². The number of aliphatic hydroxyl groups is 1. The van der Waals surface area contributed by atoms with Crippen molar-refractivity contribution in [1.82, 2.24) is 19.5 Å². The zero-order chi connectivity index (χ0) is 24.6. The van der Waals surface area contributed by atoms with Gasteiger partial charge in [-0.25, -0.2) is 14.4 Å². The number of halogens is 4. The Hall–Kier alpha value is -3.47. The number of rotatable bonds is 5. The van der Waals surface area contributed by atoms with Crippen molar-refractivity contribution in [2.45, 2.75) is 56.5 Å². The van der Waals surface area contributed by atoms with Crippen molar-refractivity contribution in [3.05, 3.63) is 60.1 Å². The summed E-state index contributed by atoms with van der Waals surface area (Å²) in [6.07, 6.45) is 4.86. The first-order chi connectivity index (χ1) is 16.8. The normalized spacial score (nSPS) is 22.8. The number of nitrogens with zero attached hydrogens (tertiary/aromatic N) is 4. The van der Waals surface area contributed by atoms with E-state index in [0.29, 0.717) is 54.9 Å². The standard InChI is InChI=1S/C24H24F4N6O/c25-18-3-1-2-4-19(18)31-23-32-20-13-29-22(30-15-7-5-14(6-8-15)24(26,27)28)33-21(20)34(23)16-9-11-17(35)12-10-16/h1-3,5-8,13,16-17,19,35H,4,9-12H2,(H,31,32)(H,29,30,33). The molecule has 3 aromatic rings. The minimum atomic E-state index is -4.42. The van der Waals surface area contributed by atoms with E-state index in [1.165, 1.54) is 24.4 Å². The topological polar surface area (TPSA) is 87.9 Å². The molecule has 0 radical (unpaired) electrons. The molecule has 0 spiro atoms. The summed E-state index contributed by atoms with van der Waals surface area (Å²) in [7, 11) is 0. The largest absolute Gasteiger partial charge is 0.416 e. The van der Waals surface area contributed by atoms with E-state index in [1.807, 2.05) is 10.6 Å². The fourth-order valence-corrected chi connectivity index (χ4v) is 4.47. The molecule has 1 fully saturated rings. The zero-order valence-corrected chi connectivity index (χ0v) is 18.6. The highest BCUT2D eigenvalue weighted by Gasteiger charge is 2.30. The van der Waals surface area contributed by atoms with Crippen molar-refractivity contribution >= 4 is 28.7 Å². The molecule has 11 heteroatoms. The molecule has 7 nitrogen and oxygen atoms in total. The van der Waals surface area contributed by atoms with Crippen LogP contribution in [0.4, 0.5) is 35.1 Å². The first-order valence-electron chi connectivity index (χ1n) is 11.4. The Balaban J connectivity index is 1.47. The van der Waals surface area contributed by atoms with Gasteiger partial charge in [0.05, 0.1) is 23.9 Å². The number of alkyl halides is 3. The fraction of sp³-hybridized carbons (Fsp3) is 0.375. The van der Waals surface area contributed by atoms with Gasteiger partial charge >= 0.3 is 6.18 Å². The molecule has 0 aliphatic heterocycles. The van der Waals surface area contributed by atoms with E-state index >= 15 is 0 Å². The summed E-state index contributed by atoms with van der Waals surface area (Å²) in [5.41, 5.74) is 0.691. The minimum Gasteiger partial charge on any atom is -0.393 e. The van der Waals surface area contributed by atoms with Gasteiger partial charge in [-0.05, 0) is 62.4 Å². The average molecular weight is 488 g/mol. The fourth-order valence-electron chi connectivity index (χ4n) is 4.47. The summed E-state index contributed by atoms with van der Waals surface area (Å²) in [6, 6.07) is 4.04. The van der Waals surface area contributed by atoms with E-state index in [2.05, 4.69) is 25.6 Å². The third kappa shape index (κ3) is 5.00. The van der Waals surface area contributed by atoms with Gasteiger partial charge in [0, 0.05) is 11.7 Å². The highest BCUT2D eigenvalue weighted by Crippen LogP contribution is 2.35. The maximum Gasteiger partial charge on any atom is 0.416 e. The number of fused-ring (bicyclic) bond motifs is 1. The smallest absolute Gasteiger partial charge is 0.393 e. The molecular formula is C24H24F4N6O. The lowest BCUT2D eigenvalue weighted by Gasteiger charge is -2.29. The van der Waals surface area contributed by atoms with Crippen molar-refractivity contribution in [3.63, 3.8) is 0 Å². The second kappa shape index (κ2) is 9.29. The van der Waals surface area contributed by atoms with Crippen molar-refractivity contribution < 1.29 is 22.7 Å². The van der Waals surface area contributed by atoms with Gasteiger partial charge in [-0.3, -0.25) is 4.57 Å². The number of aromatic nitrogens is 4. The lowest BCUT2D eigenvalue weighted by Crippen LogP contribution is -2.26. The third-order valence-corrected chi connectivity index (χ3v) is 6.33. The average Bonchev–Trinajstić information content (AvgIpc) is 3.18. The van der Waals surface area contributed by atoms with E-state index < -0.39 is 17.8 Å². The SMILES string of the molecule is OC1CCC(n2c(NC3CC=CC=C3F)nc3cnc(Nc4ccc(C(F)(F)F)cc4)nc32)CC1. The summed E-state index contributed by atoms with van der Waals surface area (Å²) in [5.74, 6) is 0.375. The minimum absolute atomic E-state index is 0.00843. The number of imidazole rings is 1. The van der Waals surface area contributed by atoms with Gasteiger partial charge in [0.2, 0.25) is 11.9 Å². The summed E-state index contributed by atoms with van der Waals surface area (Å²) in [6.45, 7) is 0. The monoisotopic (exact) mass is 488 g/mol.